The molecule has 8 heteroatoms. The number of amides is 1. The number of carbonyl (C=O) groups excluding carboxylic acids is 1. The fourth-order valence-corrected chi connectivity index (χ4v) is 2.37. The Morgan fingerprint density at radius 1 is 1.33 bits per heavy atom. The van der Waals surface area contributed by atoms with Crippen molar-refractivity contribution in [1.82, 2.24) is 15.0 Å². The number of aromatic carboxylic acids is 1. The topological polar surface area (TPSA) is 132 Å². The Kier molecular flexibility index (Phi) is 3.91. The van der Waals surface area contributed by atoms with Crippen molar-refractivity contribution in [1.29, 1.82) is 5.26 Å². The number of nitrogens with one attached hydrogen (secondary N) is 2. The molecule has 0 saturated carbocycles. The first-order valence-corrected chi connectivity index (χ1v) is 6.92. The van der Waals surface area contributed by atoms with Gasteiger partial charge >= 0.3 is 5.97 Å². The second-order valence-corrected chi connectivity index (χ2v) is 4.92. The standard InChI is InChI=1S/C16H11N5O3/c17-5-4-12(22)21-10-3-1-2-9(6-10)14-13-11(16(23)24)7-18-15(13)20-8-19-14/h1-3,6-8H,4H2,(H,21,22)(H,23,24)(H,18,19,20). The average molecular weight is 321 g/mol. The van der Waals surface area contributed by atoms with Crippen molar-refractivity contribution in [2.45, 2.75) is 6.42 Å². The maximum Gasteiger partial charge on any atom is 0.338 e. The molecule has 0 aliphatic carbocycles. The number of anilines is 1. The number of H-pyrrole nitrogens is 1. The largest absolute Gasteiger partial charge is 0.478 e. The Hall–Kier alpha value is -3.73. The van der Waals surface area contributed by atoms with Gasteiger partial charge in [-0.3, -0.25) is 4.79 Å². The van der Waals surface area contributed by atoms with Crippen molar-refractivity contribution >= 4 is 28.6 Å². The quantitative estimate of drug-likeness (QED) is 0.674. The van der Waals surface area contributed by atoms with Gasteiger partial charge in [-0.25, -0.2) is 14.8 Å². The number of hydrogen-bond acceptors (Lipinski definition) is 5. The number of carboxylic acid groups (broad SMARTS) is 1. The summed E-state index contributed by atoms with van der Waals surface area (Å²) in [6.45, 7) is 0. The summed E-state index contributed by atoms with van der Waals surface area (Å²) in [5.41, 5.74) is 2.04. The minimum atomic E-state index is -1.09. The number of aromatic nitrogens is 3. The highest BCUT2D eigenvalue weighted by atomic mass is 16.4. The molecule has 0 unspecified atom stereocenters. The summed E-state index contributed by atoms with van der Waals surface area (Å²) in [5, 5.41) is 20.8. The number of rotatable bonds is 4. The lowest BCUT2D eigenvalue weighted by atomic mass is 10.1. The van der Waals surface area contributed by atoms with Crippen LogP contribution in [0.15, 0.2) is 36.8 Å². The number of benzene rings is 1. The van der Waals surface area contributed by atoms with Crippen molar-refractivity contribution in [3.63, 3.8) is 0 Å². The van der Waals surface area contributed by atoms with Crippen molar-refractivity contribution in [3.05, 3.63) is 42.4 Å². The molecule has 1 aromatic carbocycles. The monoisotopic (exact) mass is 321 g/mol. The number of nitrogens with zero attached hydrogens (tertiary/aromatic N) is 3. The van der Waals surface area contributed by atoms with Gasteiger partial charge in [0.1, 0.15) is 18.4 Å². The normalized spacial score (nSPS) is 10.3. The molecule has 2 aromatic heterocycles. The van der Waals surface area contributed by atoms with E-state index in [1.807, 2.05) is 0 Å². The second kappa shape index (κ2) is 6.18. The van der Waals surface area contributed by atoms with E-state index in [9.17, 15) is 14.7 Å². The number of carbonyl (C=O) groups is 2. The maximum absolute atomic E-state index is 11.5. The van der Waals surface area contributed by atoms with Crippen LogP contribution in [0.2, 0.25) is 0 Å². The number of nitriles is 1. The van der Waals surface area contributed by atoms with Gasteiger partial charge in [-0.15, -0.1) is 0 Å². The number of carboxylic acids is 1. The van der Waals surface area contributed by atoms with E-state index in [0.29, 0.717) is 28.0 Å². The predicted octanol–water partition coefficient (Wildman–Crippen LogP) is 2.18. The lowest BCUT2D eigenvalue weighted by molar-refractivity contribution is -0.115. The van der Waals surface area contributed by atoms with Crippen LogP contribution < -0.4 is 5.32 Å². The molecule has 24 heavy (non-hydrogen) atoms. The highest BCUT2D eigenvalue weighted by Gasteiger charge is 2.17. The van der Waals surface area contributed by atoms with E-state index in [1.165, 1.54) is 12.5 Å². The van der Waals surface area contributed by atoms with E-state index in [-0.39, 0.29) is 12.0 Å². The van der Waals surface area contributed by atoms with Crippen LogP contribution in [0.4, 0.5) is 5.69 Å². The molecule has 0 fully saturated rings. The highest BCUT2D eigenvalue weighted by Crippen LogP contribution is 2.29. The number of hydrogen-bond donors (Lipinski definition) is 3. The first-order chi connectivity index (χ1) is 11.6. The van der Waals surface area contributed by atoms with Gasteiger partial charge in [0.2, 0.25) is 5.91 Å². The molecule has 8 nitrogen and oxygen atoms in total. The fraction of sp³-hybridized carbons (Fsp3) is 0.0625. The first-order valence-electron chi connectivity index (χ1n) is 6.92. The lowest BCUT2D eigenvalue weighted by Gasteiger charge is -2.07. The van der Waals surface area contributed by atoms with Gasteiger partial charge in [-0.1, -0.05) is 12.1 Å². The minimum Gasteiger partial charge on any atom is -0.478 e. The van der Waals surface area contributed by atoms with Crippen LogP contribution >= 0.6 is 0 Å². The van der Waals surface area contributed by atoms with E-state index in [2.05, 4.69) is 20.3 Å². The molecule has 0 atom stereocenters. The van der Waals surface area contributed by atoms with E-state index in [0.717, 1.165) is 0 Å². The van der Waals surface area contributed by atoms with Crippen LogP contribution in [-0.2, 0) is 4.79 Å². The molecule has 0 saturated heterocycles. The van der Waals surface area contributed by atoms with Crippen molar-refractivity contribution in [2.24, 2.45) is 0 Å². The summed E-state index contributed by atoms with van der Waals surface area (Å²) in [7, 11) is 0. The molecule has 0 bridgehead atoms. The van der Waals surface area contributed by atoms with Gasteiger partial charge in [0.05, 0.1) is 22.7 Å². The predicted molar refractivity (Wildman–Crippen MR) is 85.1 cm³/mol. The summed E-state index contributed by atoms with van der Waals surface area (Å²) in [4.78, 5) is 33.9. The molecule has 0 aliphatic heterocycles. The summed E-state index contributed by atoms with van der Waals surface area (Å²) < 4.78 is 0. The summed E-state index contributed by atoms with van der Waals surface area (Å²) in [6, 6.07) is 8.57. The maximum atomic E-state index is 11.5. The van der Waals surface area contributed by atoms with E-state index < -0.39 is 11.9 Å². The van der Waals surface area contributed by atoms with Crippen LogP contribution in [0.5, 0.6) is 0 Å². The van der Waals surface area contributed by atoms with Crippen molar-refractivity contribution < 1.29 is 14.7 Å². The van der Waals surface area contributed by atoms with Gasteiger partial charge in [-0.2, -0.15) is 5.26 Å². The van der Waals surface area contributed by atoms with Gasteiger partial charge < -0.3 is 15.4 Å². The third-order valence-electron chi connectivity index (χ3n) is 3.36. The Bertz CT molecular complexity index is 987. The second-order valence-electron chi connectivity index (χ2n) is 4.92. The first kappa shape index (κ1) is 15.2. The Morgan fingerprint density at radius 2 is 2.17 bits per heavy atom. The van der Waals surface area contributed by atoms with Crippen LogP contribution in [0.25, 0.3) is 22.3 Å². The zero-order valence-corrected chi connectivity index (χ0v) is 12.3. The molecular weight excluding hydrogens is 310 g/mol. The van der Waals surface area contributed by atoms with Crippen LogP contribution in [0.1, 0.15) is 16.8 Å². The lowest BCUT2D eigenvalue weighted by Crippen LogP contribution is -2.10. The van der Waals surface area contributed by atoms with Crippen molar-refractivity contribution in [2.75, 3.05) is 5.32 Å². The Balaban J connectivity index is 2.08. The van der Waals surface area contributed by atoms with Gasteiger partial charge in [0, 0.05) is 17.4 Å². The van der Waals surface area contributed by atoms with Gasteiger partial charge in [-0.05, 0) is 12.1 Å². The Labute approximate surface area is 135 Å². The molecule has 0 spiro atoms. The summed E-state index contributed by atoms with van der Waals surface area (Å²) in [5.74, 6) is -1.51. The summed E-state index contributed by atoms with van der Waals surface area (Å²) in [6.07, 6.45) is 2.45. The molecule has 118 valence electrons. The third kappa shape index (κ3) is 2.78. The molecule has 0 aliphatic rings. The molecule has 3 rings (SSSR count). The highest BCUT2D eigenvalue weighted by molar-refractivity contribution is 6.07. The molecule has 2 heterocycles. The minimum absolute atomic E-state index is 0.0690. The summed E-state index contributed by atoms with van der Waals surface area (Å²) >= 11 is 0. The van der Waals surface area contributed by atoms with Crippen LogP contribution in [0.3, 0.4) is 0 Å². The third-order valence-corrected chi connectivity index (χ3v) is 3.36. The zero-order chi connectivity index (χ0) is 17.1. The van der Waals surface area contributed by atoms with Crippen LogP contribution in [0, 0.1) is 11.3 Å². The number of aromatic amines is 1. The van der Waals surface area contributed by atoms with Gasteiger partial charge in [0.25, 0.3) is 0 Å². The Morgan fingerprint density at radius 3 is 2.92 bits per heavy atom. The van der Waals surface area contributed by atoms with Gasteiger partial charge in [0.15, 0.2) is 0 Å². The molecule has 3 aromatic rings. The molecule has 3 N–H and O–H groups in total. The van der Waals surface area contributed by atoms with Crippen LogP contribution in [-0.4, -0.2) is 31.9 Å². The average Bonchev–Trinajstić information content (AvgIpc) is 2.99. The SMILES string of the molecule is N#CCC(=O)Nc1cccc(-c2ncnc3[nH]cc(C(=O)O)c23)c1. The van der Waals surface area contributed by atoms with E-state index in [4.69, 9.17) is 5.26 Å². The smallest absolute Gasteiger partial charge is 0.338 e. The van der Waals surface area contributed by atoms with Crippen molar-refractivity contribution in [3.8, 4) is 17.3 Å². The molecule has 0 radical (unpaired) electrons. The molecular formula is C16H11N5O3. The fourth-order valence-electron chi connectivity index (χ4n) is 2.37. The van der Waals surface area contributed by atoms with E-state index >= 15 is 0 Å². The van der Waals surface area contributed by atoms with E-state index in [1.54, 1.807) is 30.3 Å². The molecule has 1 amide bonds. The number of fused-ring (bicyclic) bond motifs is 1. The zero-order valence-electron chi connectivity index (χ0n) is 12.3.